The number of furan rings is 1. The molecule has 0 aliphatic carbocycles. The quantitative estimate of drug-likeness (QED) is 0.775. The Bertz CT molecular complexity index is 817. The second-order valence-electron chi connectivity index (χ2n) is 4.68. The van der Waals surface area contributed by atoms with Gasteiger partial charge in [0, 0.05) is 5.02 Å². The van der Waals surface area contributed by atoms with Crippen LogP contribution >= 0.6 is 11.6 Å². The minimum atomic E-state index is -0.509. The van der Waals surface area contributed by atoms with E-state index in [1.165, 1.54) is 24.5 Å². The van der Waals surface area contributed by atoms with Gasteiger partial charge in [0.1, 0.15) is 11.6 Å². The minimum absolute atomic E-state index is 0.162. The molecular weight excluding hydrogens is 325 g/mol. The first-order valence-electron chi connectivity index (χ1n) is 6.68. The van der Waals surface area contributed by atoms with Crippen LogP contribution in [0.2, 0.25) is 5.02 Å². The zero-order chi connectivity index (χ0) is 16.2. The van der Waals surface area contributed by atoms with Gasteiger partial charge in [0.05, 0.1) is 19.2 Å². The summed E-state index contributed by atoms with van der Waals surface area (Å²) in [6.07, 6.45) is 1.72. The molecule has 2 aromatic heterocycles. The summed E-state index contributed by atoms with van der Waals surface area (Å²) in [5.74, 6) is -0.282. The van der Waals surface area contributed by atoms with Gasteiger partial charge in [0.2, 0.25) is 5.89 Å². The van der Waals surface area contributed by atoms with Gasteiger partial charge in [0.25, 0.3) is 0 Å². The van der Waals surface area contributed by atoms with E-state index in [-0.39, 0.29) is 29.8 Å². The van der Waals surface area contributed by atoms with E-state index in [0.717, 1.165) is 0 Å². The van der Waals surface area contributed by atoms with Gasteiger partial charge in [-0.05, 0) is 29.8 Å². The summed E-state index contributed by atoms with van der Waals surface area (Å²) in [5.41, 5.74) is 0.624. The number of rotatable bonds is 5. The smallest absolute Gasteiger partial charge is 0.309 e. The molecule has 3 rings (SSSR count). The summed E-state index contributed by atoms with van der Waals surface area (Å²) in [6.45, 7) is 0.216. The van der Waals surface area contributed by atoms with Gasteiger partial charge >= 0.3 is 11.8 Å². The van der Waals surface area contributed by atoms with E-state index in [0.29, 0.717) is 11.3 Å². The molecule has 0 radical (unpaired) electrons. The molecule has 8 heteroatoms. The molecular formula is C15H11ClFN3O3. The van der Waals surface area contributed by atoms with Crippen molar-refractivity contribution in [2.75, 3.05) is 0 Å². The SMILES string of the molecule is O=C(NCc1ccco1)c1nnc(Cc2ccc(F)cc2Cl)o1. The average molecular weight is 336 g/mol. The molecule has 0 atom stereocenters. The fourth-order valence-corrected chi connectivity index (χ4v) is 2.13. The first kappa shape index (κ1) is 15.2. The van der Waals surface area contributed by atoms with E-state index >= 15 is 0 Å². The number of carbonyl (C=O) groups is 1. The Morgan fingerprint density at radius 2 is 2.17 bits per heavy atom. The first-order chi connectivity index (χ1) is 11.1. The summed E-state index contributed by atoms with van der Waals surface area (Å²) in [4.78, 5) is 11.9. The Balaban J connectivity index is 1.64. The van der Waals surface area contributed by atoms with E-state index in [2.05, 4.69) is 15.5 Å². The third-order valence-electron chi connectivity index (χ3n) is 3.02. The Kier molecular flexibility index (Phi) is 4.38. The predicted molar refractivity (Wildman–Crippen MR) is 78.4 cm³/mol. The molecule has 1 amide bonds. The Morgan fingerprint density at radius 1 is 1.30 bits per heavy atom. The third-order valence-corrected chi connectivity index (χ3v) is 3.37. The number of hydrogen-bond donors (Lipinski definition) is 1. The van der Waals surface area contributed by atoms with E-state index in [4.69, 9.17) is 20.4 Å². The summed E-state index contributed by atoms with van der Waals surface area (Å²) >= 11 is 5.94. The maximum absolute atomic E-state index is 13.0. The molecule has 0 spiro atoms. The number of nitrogens with one attached hydrogen (secondary N) is 1. The van der Waals surface area contributed by atoms with Crippen molar-refractivity contribution in [2.24, 2.45) is 0 Å². The number of halogens is 2. The summed E-state index contributed by atoms with van der Waals surface area (Å²) in [5, 5.41) is 10.3. The van der Waals surface area contributed by atoms with Crippen molar-refractivity contribution in [3.05, 3.63) is 70.5 Å². The molecule has 1 aromatic carbocycles. The van der Waals surface area contributed by atoms with Crippen LogP contribution in [0, 0.1) is 5.82 Å². The molecule has 0 saturated carbocycles. The molecule has 0 aliphatic rings. The van der Waals surface area contributed by atoms with Gasteiger partial charge in [-0.25, -0.2) is 4.39 Å². The lowest BCUT2D eigenvalue weighted by Crippen LogP contribution is -2.22. The van der Waals surface area contributed by atoms with Gasteiger partial charge in [-0.2, -0.15) is 0 Å². The Morgan fingerprint density at radius 3 is 2.91 bits per heavy atom. The fourth-order valence-electron chi connectivity index (χ4n) is 1.90. The van der Waals surface area contributed by atoms with Gasteiger partial charge in [-0.1, -0.05) is 17.7 Å². The molecule has 23 heavy (non-hydrogen) atoms. The van der Waals surface area contributed by atoms with Crippen LogP contribution < -0.4 is 5.32 Å². The van der Waals surface area contributed by atoms with Crippen LogP contribution in [0.3, 0.4) is 0 Å². The normalized spacial score (nSPS) is 10.7. The van der Waals surface area contributed by atoms with Crippen molar-refractivity contribution in [1.82, 2.24) is 15.5 Å². The van der Waals surface area contributed by atoms with Crippen molar-refractivity contribution >= 4 is 17.5 Å². The van der Waals surface area contributed by atoms with Gasteiger partial charge in [-0.15, -0.1) is 10.2 Å². The molecule has 0 fully saturated rings. The molecule has 0 saturated heterocycles. The zero-order valence-electron chi connectivity index (χ0n) is 11.8. The highest BCUT2D eigenvalue weighted by molar-refractivity contribution is 6.31. The van der Waals surface area contributed by atoms with Crippen LogP contribution in [0.25, 0.3) is 0 Å². The molecule has 2 heterocycles. The molecule has 0 aliphatic heterocycles. The molecule has 1 N–H and O–H groups in total. The topological polar surface area (TPSA) is 81.2 Å². The zero-order valence-corrected chi connectivity index (χ0v) is 12.5. The number of aromatic nitrogens is 2. The number of benzene rings is 1. The third kappa shape index (κ3) is 3.75. The maximum Gasteiger partial charge on any atom is 0.309 e. The minimum Gasteiger partial charge on any atom is -0.467 e. The standard InChI is InChI=1S/C15H11ClFN3O3/c16-12-7-10(17)4-3-9(12)6-13-19-20-15(23-13)14(21)18-8-11-2-1-5-22-11/h1-5,7H,6,8H2,(H,18,21). The van der Waals surface area contributed by atoms with Crippen molar-refractivity contribution in [3.8, 4) is 0 Å². The monoisotopic (exact) mass is 335 g/mol. The highest BCUT2D eigenvalue weighted by atomic mass is 35.5. The number of carbonyl (C=O) groups excluding carboxylic acids is 1. The van der Waals surface area contributed by atoms with Crippen LogP contribution in [0.4, 0.5) is 4.39 Å². The van der Waals surface area contributed by atoms with Crippen LogP contribution in [0.15, 0.2) is 45.4 Å². The Hall–Kier alpha value is -2.67. The molecule has 0 unspecified atom stereocenters. The van der Waals surface area contributed by atoms with Crippen LogP contribution in [0.5, 0.6) is 0 Å². The van der Waals surface area contributed by atoms with E-state index in [9.17, 15) is 9.18 Å². The van der Waals surface area contributed by atoms with Crippen molar-refractivity contribution in [1.29, 1.82) is 0 Å². The van der Waals surface area contributed by atoms with E-state index < -0.39 is 11.7 Å². The van der Waals surface area contributed by atoms with Crippen LogP contribution in [0.1, 0.15) is 27.9 Å². The number of nitrogens with zero attached hydrogens (tertiary/aromatic N) is 2. The summed E-state index contributed by atoms with van der Waals surface area (Å²) in [7, 11) is 0. The van der Waals surface area contributed by atoms with E-state index in [1.54, 1.807) is 12.1 Å². The van der Waals surface area contributed by atoms with Crippen LogP contribution in [-0.4, -0.2) is 16.1 Å². The largest absolute Gasteiger partial charge is 0.467 e. The summed E-state index contributed by atoms with van der Waals surface area (Å²) in [6, 6.07) is 7.46. The highest BCUT2D eigenvalue weighted by Gasteiger charge is 2.16. The fraction of sp³-hybridized carbons (Fsp3) is 0.133. The van der Waals surface area contributed by atoms with Crippen LogP contribution in [-0.2, 0) is 13.0 Å². The van der Waals surface area contributed by atoms with Crippen molar-refractivity contribution < 1.29 is 18.0 Å². The highest BCUT2D eigenvalue weighted by Crippen LogP contribution is 2.20. The Labute approximate surface area is 135 Å². The predicted octanol–water partition coefficient (Wildman–Crippen LogP) is 2.98. The van der Waals surface area contributed by atoms with Gasteiger partial charge < -0.3 is 14.2 Å². The molecule has 118 valence electrons. The molecule has 3 aromatic rings. The summed E-state index contributed by atoms with van der Waals surface area (Å²) < 4.78 is 23.4. The van der Waals surface area contributed by atoms with Gasteiger partial charge in [-0.3, -0.25) is 4.79 Å². The van der Waals surface area contributed by atoms with E-state index in [1.807, 2.05) is 0 Å². The van der Waals surface area contributed by atoms with Crippen molar-refractivity contribution in [3.63, 3.8) is 0 Å². The molecule has 0 bridgehead atoms. The average Bonchev–Trinajstić information content (AvgIpc) is 3.19. The first-order valence-corrected chi connectivity index (χ1v) is 7.06. The second kappa shape index (κ2) is 6.62. The molecule has 6 nitrogen and oxygen atoms in total. The number of amides is 1. The number of hydrogen-bond acceptors (Lipinski definition) is 5. The maximum atomic E-state index is 13.0. The van der Waals surface area contributed by atoms with Crippen molar-refractivity contribution in [2.45, 2.75) is 13.0 Å². The van der Waals surface area contributed by atoms with Gasteiger partial charge in [0.15, 0.2) is 0 Å². The lowest BCUT2D eigenvalue weighted by Gasteiger charge is -2.01. The second-order valence-corrected chi connectivity index (χ2v) is 5.08. The lowest BCUT2D eigenvalue weighted by atomic mass is 10.1. The lowest BCUT2D eigenvalue weighted by molar-refractivity contribution is 0.0911.